The Bertz CT molecular complexity index is 564. The minimum absolute atomic E-state index is 0.143. The summed E-state index contributed by atoms with van der Waals surface area (Å²) < 4.78 is 5.84. The molecule has 0 atom stereocenters. The number of carbonyl (C=O) groups is 2. The molecular weight excluding hydrogens is 312 g/mol. The molecule has 0 aliphatic heterocycles. The zero-order valence-electron chi connectivity index (χ0n) is 9.85. The molecule has 0 fully saturated rings. The van der Waals surface area contributed by atoms with E-state index in [1.165, 1.54) is 12.3 Å². The van der Waals surface area contributed by atoms with Crippen molar-refractivity contribution in [3.05, 3.63) is 58.5 Å². The van der Waals surface area contributed by atoms with Crippen LogP contribution < -0.4 is 10.9 Å². The van der Waals surface area contributed by atoms with Gasteiger partial charge in [-0.1, -0.05) is 28.1 Å². The van der Waals surface area contributed by atoms with Crippen LogP contribution in [0.1, 0.15) is 16.1 Å². The van der Waals surface area contributed by atoms with Crippen molar-refractivity contribution in [3.63, 3.8) is 0 Å². The molecule has 1 heterocycles. The summed E-state index contributed by atoms with van der Waals surface area (Å²) in [4.78, 5) is 23.1. The molecule has 1 aromatic heterocycles. The number of rotatable bonds is 3. The van der Waals surface area contributed by atoms with Crippen molar-refractivity contribution in [2.45, 2.75) is 6.42 Å². The number of hydrogen-bond donors (Lipinski definition) is 2. The lowest BCUT2D eigenvalue weighted by molar-refractivity contribution is -0.121. The summed E-state index contributed by atoms with van der Waals surface area (Å²) in [6, 6.07) is 10.5. The Kier molecular flexibility index (Phi) is 4.35. The lowest BCUT2D eigenvalue weighted by atomic mass is 10.1. The summed E-state index contributed by atoms with van der Waals surface area (Å²) in [5, 5.41) is 0. The van der Waals surface area contributed by atoms with Gasteiger partial charge in [-0.25, -0.2) is 0 Å². The van der Waals surface area contributed by atoms with Gasteiger partial charge in [-0.2, -0.15) is 0 Å². The third kappa shape index (κ3) is 3.96. The predicted octanol–water partition coefficient (Wildman–Crippen LogP) is 2.05. The van der Waals surface area contributed by atoms with Crippen LogP contribution in [0.5, 0.6) is 0 Å². The van der Waals surface area contributed by atoms with Crippen LogP contribution in [0, 0.1) is 0 Å². The molecule has 0 aliphatic carbocycles. The number of hydrazine groups is 1. The van der Waals surface area contributed by atoms with E-state index in [1.807, 2.05) is 24.3 Å². The highest BCUT2D eigenvalue weighted by atomic mass is 79.9. The number of nitrogens with one attached hydrogen (secondary N) is 2. The molecule has 0 spiro atoms. The first kappa shape index (κ1) is 13.4. The standard InChI is InChI=1S/C13H11BrN2O3/c14-10-5-3-9(4-6-10)8-12(17)15-16-13(18)11-2-1-7-19-11/h1-7H,8H2,(H,15,17)(H,16,18). The maximum absolute atomic E-state index is 11.6. The number of hydrogen-bond acceptors (Lipinski definition) is 3. The summed E-state index contributed by atoms with van der Waals surface area (Å²) in [6.07, 6.45) is 1.57. The van der Waals surface area contributed by atoms with E-state index >= 15 is 0 Å². The molecule has 2 rings (SSSR count). The van der Waals surface area contributed by atoms with Gasteiger partial charge in [0, 0.05) is 4.47 Å². The van der Waals surface area contributed by atoms with E-state index in [-0.39, 0.29) is 18.1 Å². The Hall–Kier alpha value is -2.08. The predicted molar refractivity (Wildman–Crippen MR) is 72.2 cm³/mol. The molecule has 0 unspecified atom stereocenters. The van der Waals surface area contributed by atoms with Crippen molar-refractivity contribution in [1.82, 2.24) is 10.9 Å². The van der Waals surface area contributed by atoms with Crippen LogP contribution in [-0.2, 0) is 11.2 Å². The molecule has 98 valence electrons. The minimum Gasteiger partial charge on any atom is -0.459 e. The minimum atomic E-state index is -0.492. The fourth-order valence-electron chi connectivity index (χ4n) is 1.43. The lowest BCUT2D eigenvalue weighted by Crippen LogP contribution is -2.42. The van der Waals surface area contributed by atoms with Gasteiger partial charge in [0.25, 0.3) is 0 Å². The van der Waals surface area contributed by atoms with E-state index in [1.54, 1.807) is 6.07 Å². The summed E-state index contributed by atoms with van der Waals surface area (Å²) in [6.45, 7) is 0. The fraction of sp³-hybridized carbons (Fsp3) is 0.0769. The zero-order chi connectivity index (χ0) is 13.7. The van der Waals surface area contributed by atoms with Crippen LogP contribution in [0.3, 0.4) is 0 Å². The van der Waals surface area contributed by atoms with Gasteiger partial charge in [0.15, 0.2) is 5.76 Å². The van der Waals surface area contributed by atoms with Crippen molar-refractivity contribution in [3.8, 4) is 0 Å². The average Bonchev–Trinajstić information content (AvgIpc) is 2.93. The maximum atomic E-state index is 11.6. The quantitative estimate of drug-likeness (QED) is 0.849. The fourth-order valence-corrected chi connectivity index (χ4v) is 1.69. The summed E-state index contributed by atoms with van der Waals surface area (Å²) >= 11 is 3.32. The molecular formula is C13H11BrN2O3. The normalized spacial score (nSPS) is 9.95. The first-order valence-corrected chi connectivity index (χ1v) is 6.31. The number of benzene rings is 1. The van der Waals surface area contributed by atoms with Gasteiger partial charge < -0.3 is 4.42 Å². The van der Waals surface area contributed by atoms with Crippen LogP contribution in [0.4, 0.5) is 0 Å². The van der Waals surface area contributed by atoms with Crippen LogP contribution in [0.2, 0.25) is 0 Å². The molecule has 6 heteroatoms. The van der Waals surface area contributed by atoms with Crippen molar-refractivity contribution < 1.29 is 14.0 Å². The highest BCUT2D eigenvalue weighted by Crippen LogP contribution is 2.10. The Labute approximate surface area is 118 Å². The molecule has 2 aromatic rings. The topological polar surface area (TPSA) is 71.3 Å². The molecule has 0 aliphatic rings. The molecule has 5 nitrogen and oxygen atoms in total. The second-order valence-electron chi connectivity index (χ2n) is 3.78. The molecule has 0 saturated heterocycles. The molecule has 2 amide bonds. The third-order valence-electron chi connectivity index (χ3n) is 2.34. The van der Waals surface area contributed by atoms with Gasteiger partial charge in [-0.05, 0) is 29.8 Å². The molecule has 2 N–H and O–H groups in total. The summed E-state index contributed by atoms with van der Waals surface area (Å²) in [7, 11) is 0. The highest BCUT2D eigenvalue weighted by Gasteiger charge is 2.09. The molecule has 0 bridgehead atoms. The largest absolute Gasteiger partial charge is 0.459 e. The molecule has 0 saturated carbocycles. The third-order valence-corrected chi connectivity index (χ3v) is 2.87. The average molecular weight is 323 g/mol. The maximum Gasteiger partial charge on any atom is 0.305 e. The first-order chi connectivity index (χ1) is 9.15. The Morgan fingerprint density at radius 1 is 1.11 bits per heavy atom. The second kappa shape index (κ2) is 6.19. The highest BCUT2D eigenvalue weighted by molar-refractivity contribution is 9.10. The van der Waals surface area contributed by atoms with Crippen LogP contribution in [0.25, 0.3) is 0 Å². The van der Waals surface area contributed by atoms with E-state index in [9.17, 15) is 9.59 Å². The van der Waals surface area contributed by atoms with Gasteiger partial charge >= 0.3 is 5.91 Å². The van der Waals surface area contributed by atoms with Gasteiger partial charge in [0.05, 0.1) is 12.7 Å². The Morgan fingerprint density at radius 3 is 2.47 bits per heavy atom. The van der Waals surface area contributed by atoms with Crippen LogP contribution >= 0.6 is 15.9 Å². The van der Waals surface area contributed by atoms with Gasteiger partial charge in [-0.3, -0.25) is 20.4 Å². The Morgan fingerprint density at radius 2 is 1.84 bits per heavy atom. The van der Waals surface area contributed by atoms with Gasteiger partial charge in [0.1, 0.15) is 0 Å². The van der Waals surface area contributed by atoms with Gasteiger partial charge in [-0.15, -0.1) is 0 Å². The van der Waals surface area contributed by atoms with E-state index < -0.39 is 5.91 Å². The van der Waals surface area contributed by atoms with E-state index in [0.29, 0.717) is 0 Å². The van der Waals surface area contributed by atoms with Crippen molar-refractivity contribution in [1.29, 1.82) is 0 Å². The van der Waals surface area contributed by atoms with E-state index in [4.69, 9.17) is 4.42 Å². The lowest BCUT2D eigenvalue weighted by Gasteiger charge is -2.06. The monoisotopic (exact) mass is 322 g/mol. The smallest absolute Gasteiger partial charge is 0.305 e. The van der Waals surface area contributed by atoms with Gasteiger partial charge in [0.2, 0.25) is 5.91 Å². The number of halogens is 1. The Balaban J connectivity index is 1.82. The SMILES string of the molecule is O=C(Cc1ccc(Br)cc1)NNC(=O)c1ccco1. The summed E-state index contributed by atoms with van der Waals surface area (Å²) in [5.74, 6) is -0.652. The number of carbonyl (C=O) groups excluding carboxylic acids is 2. The first-order valence-electron chi connectivity index (χ1n) is 5.52. The van der Waals surface area contributed by atoms with Crippen molar-refractivity contribution in [2.24, 2.45) is 0 Å². The summed E-state index contributed by atoms with van der Waals surface area (Å²) in [5.41, 5.74) is 5.45. The second-order valence-corrected chi connectivity index (χ2v) is 4.70. The number of amides is 2. The number of furan rings is 1. The van der Waals surface area contributed by atoms with Crippen molar-refractivity contribution >= 4 is 27.7 Å². The van der Waals surface area contributed by atoms with Crippen LogP contribution in [0.15, 0.2) is 51.6 Å². The van der Waals surface area contributed by atoms with Crippen molar-refractivity contribution in [2.75, 3.05) is 0 Å². The molecule has 19 heavy (non-hydrogen) atoms. The molecule has 1 aromatic carbocycles. The van der Waals surface area contributed by atoms with E-state index in [2.05, 4.69) is 26.8 Å². The van der Waals surface area contributed by atoms with Crippen LogP contribution in [-0.4, -0.2) is 11.8 Å². The van der Waals surface area contributed by atoms with E-state index in [0.717, 1.165) is 10.0 Å². The zero-order valence-corrected chi connectivity index (χ0v) is 11.4. The molecule has 0 radical (unpaired) electrons.